The molecule has 3 amide bonds. The van der Waals surface area contributed by atoms with Gasteiger partial charge in [-0.1, -0.05) is 37.8 Å². The molecule has 0 atom stereocenters. The van der Waals surface area contributed by atoms with Gasteiger partial charge < -0.3 is 10.1 Å². The summed E-state index contributed by atoms with van der Waals surface area (Å²) in [5.41, 5.74) is 4.98. The number of carbonyl (C=O) groups is 3. The van der Waals surface area contributed by atoms with Crippen molar-refractivity contribution in [3.05, 3.63) is 58.9 Å². The summed E-state index contributed by atoms with van der Waals surface area (Å²) in [6.45, 7) is 2.46. The molecule has 0 aliphatic carbocycles. The minimum atomic E-state index is -0.592. The van der Waals surface area contributed by atoms with Gasteiger partial charge in [0.2, 0.25) is 0 Å². The van der Waals surface area contributed by atoms with Gasteiger partial charge in [0.15, 0.2) is 0 Å². The van der Waals surface area contributed by atoms with Gasteiger partial charge in [-0.05, 0) is 42.8 Å². The van der Waals surface area contributed by atoms with Crippen molar-refractivity contribution in [2.75, 3.05) is 13.2 Å². The van der Waals surface area contributed by atoms with E-state index in [4.69, 9.17) is 16.3 Å². The van der Waals surface area contributed by atoms with E-state index in [9.17, 15) is 14.4 Å². The highest BCUT2D eigenvalue weighted by atomic mass is 35.5. The quantitative estimate of drug-likeness (QED) is 0.395. The number of benzene rings is 1. The maximum absolute atomic E-state index is 12.1. The molecule has 30 heavy (non-hydrogen) atoms. The summed E-state index contributed by atoms with van der Waals surface area (Å²) in [5.74, 6) is -0.944. The number of hydrogen-bond acceptors (Lipinski definition) is 5. The first-order valence-electron chi connectivity index (χ1n) is 9.71. The summed E-state index contributed by atoms with van der Waals surface area (Å²) < 4.78 is 5.63. The van der Waals surface area contributed by atoms with Crippen molar-refractivity contribution in [2.45, 2.75) is 32.6 Å². The van der Waals surface area contributed by atoms with Crippen molar-refractivity contribution >= 4 is 29.3 Å². The number of unbranched alkanes of at least 4 members (excludes halogenated alkanes) is 3. The Bertz CT molecular complexity index is 858. The molecule has 0 fully saturated rings. The largest absolute Gasteiger partial charge is 0.494 e. The molecule has 2 aromatic rings. The van der Waals surface area contributed by atoms with E-state index < -0.39 is 17.7 Å². The minimum absolute atomic E-state index is 0.0898. The van der Waals surface area contributed by atoms with E-state index in [0.717, 1.165) is 12.8 Å². The van der Waals surface area contributed by atoms with Gasteiger partial charge in [0.05, 0.1) is 13.2 Å². The van der Waals surface area contributed by atoms with E-state index in [2.05, 4.69) is 28.1 Å². The van der Waals surface area contributed by atoms with Gasteiger partial charge in [-0.25, -0.2) is 0 Å². The highest BCUT2D eigenvalue weighted by Gasteiger charge is 2.11. The Hall–Kier alpha value is -3.13. The molecule has 0 saturated carbocycles. The summed E-state index contributed by atoms with van der Waals surface area (Å²) in [5, 5.41) is 2.75. The maximum Gasteiger partial charge on any atom is 0.270 e. The Morgan fingerprint density at radius 3 is 2.47 bits per heavy atom. The van der Waals surface area contributed by atoms with E-state index in [1.54, 1.807) is 24.3 Å². The summed E-state index contributed by atoms with van der Waals surface area (Å²) in [6, 6.07) is 9.54. The van der Waals surface area contributed by atoms with Crippen LogP contribution in [0.4, 0.5) is 0 Å². The Morgan fingerprint density at radius 2 is 1.77 bits per heavy atom. The molecular formula is C21H25ClN4O4. The van der Waals surface area contributed by atoms with Crippen LogP contribution in [0.2, 0.25) is 5.02 Å². The highest BCUT2D eigenvalue weighted by molar-refractivity contribution is 6.30. The fourth-order valence-electron chi connectivity index (χ4n) is 2.44. The lowest BCUT2D eigenvalue weighted by Gasteiger charge is -2.09. The second-order valence-corrected chi connectivity index (χ2v) is 6.91. The number of aromatic nitrogens is 1. The third-order valence-electron chi connectivity index (χ3n) is 4.06. The molecule has 0 radical (unpaired) electrons. The molecule has 9 heteroatoms. The molecule has 1 aromatic carbocycles. The normalized spacial score (nSPS) is 10.2. The second kappa shape index (κ2) is 12.4. The molecule has 0 saturated heterocycles. The summed E-state index contributed by atoms with van der Waals surface area (Å²) in [4.78, 5) is 39.7. The van der Waals surface area contributed by atoms with Crippen LogP contribution in [-0.2, 0) is 4.79 Å². The number of pyridine rings is 1. The first-order chi connectivity index (χ1) is 14.5. The molecule has 3 N–H and O–H groups in total. The van der Waals surface area contributed by atoms with Crippen LogP contribution >= 0.6 is 11.6 Å². The van der Waals surface area contributed by atoms with Crippen molar-refractivity contribution in [3.8, 4) is 5.75 Å². The fourth-order valence-corrected chi connectivity index (χ4v) is 2.60. The third-order valence-corrected chi connectivity index (χ3v) is 4.30. The average molecular weight is 433 g/mol. The zero-order chi connectivity index (χ0) is 21.8. The minimum Gasteiger partial charge on any atom is -0.494 e. The number of carbonyl (C=O) groups excluding carboxylic acids is 3. The van der Waals surface area contributed by atoms with Crippen LogP contribution in [0.1, 0.15) is 53.5 Å². The molecule has 1 aromatic heterocycles. The van der Waals surface area contributed by atoms with Crippen molar-refractivity contribution in [1.29, 1.82) is 0 Å². The van der Waals surface area contributed by atoms with Gasteiger partial charge in [-0.2, -0.15) is 0 Å². The molecule has 0 spiro atoms. The molecule has 0 unspecified atom stereocenters. The van der Waals surface area contributed by atoms with Crippen molar-refractivity contribution in [3.63, 3.8) is 0 Å². The topological polar surface area (TPSA) is 109 Å². The number of ether oxygens (including phenoxy) is 1. The Labute approximate surface area is 180 Å². The standard InChI is InChI=1S/C21H25ClN4O4/c1-2-3-4-5-12-30-17-8-6-15(7-9-17)20(28)26-25-19(27)14-24-21(29)18-13-16(22)10-11-23-18/h6-11,13H,2-5,12,14H2,1H3,(H,24,29)(H,25,27)(H,26,28). The average Bonchev–Trinajstić information content (AvgIpc) is 2.76. The van der Waals surface area contributed by atoms with Crippen LogP contribution in [0, 0.1) is 0 Å². The third kappa shape index (κ3) is 8.08. The van der Waals surface area contributed by atoms with E-state index >= 15 is 0 Å². The highest BCUT2D eigenvalue weighted by Crippen LogP contribution is 2.13. The molecule has 0 aliphatic heterocycles. The van der Waals surface area contributed by atoms with Crippen LogP contribution in [0.25, 0.3) is 0 Å². The number of nitrogens with zero attached hydrogens (tertiary/aromatic N) is 1. The predicted molar refractivity (Wildman–Crippen MR) is 113 cm³/mol. The number of nitrogens with one attached hydrogen (secondary N) is 3. The zero-order valence-corrected chi connectivity index (χ0v) is 17.5. The molecular weight excluding hydrogens is 408 g/mol. The van der Waals surface area contributed by atoms with E-state index in [1.165, 1.54) is 31.2 Å². The van der Waals surface area contributed by atoms with Crippen LogP contribution < -0.4 is 20.9 Å². The lowest BCUT2D eigenvalue weighted by molar-refractivity contribution is -0.120. The monoisotopic (exact) mass is 432 g/mol. The van der Waals surface area contributed by atoms with Crippen LogP contribution in [0.3, 0.4) is 0 Å². The van der Waals surface area contributed by atoms with Gasteiger partial charge in [0, 0.05) is 16.8 Å². The molecule has 0 aliphatic rings. The first kappa shape index (κ1) is 23.2. The smallest absolute Gasteiger partial charge is 0.270 e. The Balaban J connectivity index is 1.70. The Morgan fingerprint density at radius 1 is 1.00 bits per heavy atom. The van der Waals surface area contributed by atoms with E-state index in [-0.39, 0.29) is 12.2 Å². The van der Waals surface area contributed by atoms with Crippen molar-refractivity contribution < 1.29 is 19.1 Å². The number of halogens is 1. The number of hydrogen-bond donors (Lipinski definition) is 3. The molecule has 0 bridgehead atoms. The number of hydrazine groups is 1. The summed E-state index contributed by atoms with van der Waals surface area (Å²) in [6.07, 6.45) is 5.88. The van der Waals surface area contributed by atoms with Gasteiger partial charge in [-0.3, -0.25) is 30.2 Å². The summed E-state index contributed by atoms with van der Waals surface area (Å²) >= 11 is 5.79. The number of amides is 3. The fraction of sp³-hybridized carbons (Fsp3) is 0.333. The SMILES string of the molecule is CCCCCCOc1ccc(C(=O)NNC(=O)CNC(=O)c2cc(Cl)ccn2)cc1. The first-order valence-corrected chi connectivity index (χ1v) is 10.1. The van der Waals surface area contributed by atoms with Crippen LogP contribution in [0.15, 0.2) is 42.6 Å². The van der Waals surface area contributed by atoms with Gasteiger partial charge in [0.1, 0.15) is 11.4 Å². The van der Waals surface area contributed by atoms with Crippen molar-refractivity contribution in [2.24, 2.45) is 0 Å². The molecule has 1 heterocycles. The van der Waals surface area contributed by atoms with E-state index in [0.29, 0.717) is 22.9 Å². The van der Waals surface area contributed by atoms with E-state index in [1.807, 2.05) is 0 Å². The summed E-state index contributed by atoms with van der Waals surface area (Å²) in [7, 11) is 0. The van der Waals surface area contributed by atoms with Gasteiger partial charge in [-0.15, -0.1) is 0 Å². The molecule has 160 valence electrons. The lowest BCUT2D eigenvalue weighted by atomic mass is 10.2. The zero-order valence-electron chi connectivity index (χ0n) is 16.7. The predicted octanol–water partition coefficient (Wildman–Crippen LogP) is 2.89. The van der Waals surface area contributed by atoms with Crippen LogP contribution in [-0.4, -0.2) is 35.9 Å². The number of rotatable bonds is 10. The molecule has 2 rings (SSSR count). The maximum atomic E-state index is 12.1. The second-order valence-electron chi connectivity index (χ2n) is 6.48. The van der Waals surface area contributed by atoms with Gasteiger partial charge in [0.25, 0.3) is 17.7 Å². The van der Waals surface area contributed by atoms with Crippen molar-refractivity contribution in [1.82, 2.24) is 21.2 Å². The van der Waals surface area contributed by atoms with Crippen LogP contribution in [0.5, 0.6) is 5.75 Å². The Kier molecular flexibility index (Phi) is 9.60. The van der Waals surface area contributed by atoms with Gasteiger partial charge >= 0.3 is 0 Å². The molecule has 8 nitrogen and oxygen atoms in total. The lowest BCUT2D eigenvalue weighted by Crippen LogP contribution is -2.46.